The molecule has 1 fully saturated rings. The van der Waals surface area contributed by atoms with Crippen molar-refractivity contribution in [1.29, 1.82) is 0 Å². The molecule has 0 atom stereocenters. The zero-order valence-electron chi connectivity index (χ0n) is 14.8. The SMILES string of the molecule is C/C(=N\Nc1ccc(Cl)c(C(=O)O)c1)c1ccc(C2CCCCC2)cc1. The molecule has 4 nitrogen and oxygen atoms in total. The molecule has 1 aliphatic carbocycles. The van der Waals surface area contributed by atoms with E-state index in [1.54, 1.807) is 12.1 Å². The van der Waals surface area contributed by atoms with Crippen LogP contribution in [-0.2, 0) is 0 Å². The van der Waals surface area contributed by atoms with Crippen LogP contribution in [0.25, 0.3) is 0 Å². The first-order chi connectivity index (χ1) is 12.5. The van der Waals surface area contributed by atoms with Crippen molar-refractivity contribution in [3.05, 3.63) is 64.2 Å². The standard InChI is InChI=1S/C21H23ClN2O2/c1-14(23-24-18-11-12-20(22)19(13-18)21(25)26)15-7-9-17(10-8-15)16-5-3-2-4-6-16/h7-13,16,24H,2-6H2,1H3,(H,25,26)/b23-14+. The Morgan fingerprint density at radius 3 is 2.46 bits per heavy atom. The average molecular weight is 371 g/mol. The largest absolute Gasteiger partial charge is 0.478 e. The van der Waals surface area contributed by atoms with Gasteiger partial charge in [0.25, 0.3) is 0 Å². The van der Waals surface area contributed by atoms with Gasteiger partial charge in [0.05, 0.1) is 22.0 Å². The average Bonchev–Trinajstić information content (AvgIpc) is 2.67. The van der Waals surface area contributed by atoms with Crippen LogP contribution >= 0.6 is 11.6 Å². The molecule has 0 heterocycles. The van der Waals surface area contributed by atoms with Gasteiger partial charge in [0, 0.05) is 0 Å². The Hall–Kier alpha value is -2.33. The lowest BCUT2D eigenvalue weighted by Gasteiger charge is -2.22. The quantitative estimate of drug-likeness (QED) is 0.507. The minimum absolute atomic E-state index is 0.0568. The number of hydrogen-bond donors (Lipinski definition) is 2. The van der Waals surface area contributed by atoms with Gasteiger partial charge in [-0.1, -0.05) is 55.1 Å². The van der Waals surface area contributed by atoms with Crippen molar-refractivity contribution in [2.75, 3.05) is 5.43 Å². The Bertz CT molecular complexity index is 809. The minimum atomic E-state index is -1.06. The van der Waals surface area contributed by atoms with Gasteiger partial charge < -0.3 is 5.11 Å². The smallest absolute Gasteiger partial charge is 0.337 e. The predicted molar refractivity (Wildman–Crippen MR) is 107 cm³/mol. The first-order valence-corrected chi connectivity index (χ1v) is 9.36. The van der Waals surface area contributed by atoms with Gasteiger partial charge >= 0.3 is 5.97 Å². The van der Waals surface area contributed by atoms with E-state index < -0.39 is 5.97 Å². The Morgan fingerprint density at radius 2 is 1.81 bits per heavy atom. The van der Waals surface area contributed by atoms with E-state index in [9.17, 15) is 4.79 Å². The summed E-state index contributed by atoms with van der Waals surface area (Å²) in [5.41, 5.74) is 6.85. The summed E-state index contributed by atoms with van der Waals surface area (Å²) in [4.78, 5) is 11.1. The molecule has 0 aromatic heterocycles. The summed E-state index contributed by atoms with van der Waals surface area (Å²) >= 11 is 5.88. The van der Waals surface area contributed by atoms with Crippen LogP contribution in [0.2, 0.25) is 5.02 Å². The highest BCUT2D eigenvalue weighted by atomic mass is 35.5. The van der Waals surface area contributed by atoms with Gasteiger partial charge in [-0.2, -0.15) is 5.10 Å². The van der Waals surface area contributed by atoms with Gasteiger partial charge in [-0.25, -0.2) is 4.79 Å². The van der Waals surface area contributed by atoms with Crippen LogP contribution in [0.5, 0.6) is 0 Å². The second-order valence-corrected chi connectivity index (χ2v) is 7.17. The molecule has 136 valence electrons. The number of hydrogen-bond acceptors (Lipinski definition) is 3. The van der Waals surface area contributed by atoms with Crippen molar-refractivity contribution in [2.45, 2.75) is 44.9 Å². The summed E-state index contributed by atoms with van der Waals surface area (Å²) in [5.74, 6) is -0.366. The van der Waals surface area contributed by atoms with Gasteiger partial charge in [0.1, 0.15) is 0 Å². The van der Waals surface area contributed by atoms with Crippen molar-refractivity contribution in [2.24, 2.45) is 5.10 Å². The topological polar surface area (TPSA) is 61.7 Å². The molecule has 1 saturated carbocycles. The summed E-state index contributed by atoms with van der Waals surface area (Å²) in [6, 6.07) is 13.4. The number of hydrazone groups is 1. The summed E-state index contributed by atoms with van der Waals surface area (Å²) < 4.78 is 0. The fraction of sp³-hybridized carbons (Fsp3) is 0.333. The second kappa shape index (κ2) is 8.37. The number of benzene rings is 2. The van der Waals surface area contributed by atoms with Gasteiger partial charge in [0.2, 0.25) is 0 Å². The number of halogens is 1. The van der Waals surface area contributed by atoms with E-state index in [0.29, 0.717) is 11.6 Å². The van der Waals surface area contributed by atoms with E-state index in [1.165, 1.54) is 43.7 Å². The van der Waals surface area contributed by atoms with Crippen LogP contribution in [-0.4, -0.2) is 16.8 Å². The molecule has 1 aliphatic rings. The molecule has 0 aliphatic heterocycles. The zero-order valence-corrected chi connectivity index (χ0v) is 15.6. The maximum absolute atomic E-state index is 11.1. The molecule has 2 aromatic rings. The number of carboxylic acids is 1. The number of aromatic carboxylic acids is 1. The van der Waals surface area contributed by atoms with Crippen LogP contribution in [0.15, 0.2) is 47.6 Å². The molecule has 26 heavy (non-hydrogen) atoms. The third-order valence-electron chi connectivity index (χ3n) is 4.95. The first kappa shape index (κ1) is 18.5. The van der Waals surface area contributed by atoms with Crippen LogP contribution in [0.3, 0.4) is 0 Å². The van der Waals surface area contributed by atoms with Gasteiger partial charge in [-0.05, 0) is 55.0 Å². The molecule has 0 saturated heterocycles. The maximum atomic E-state index is 11.1. The molecule has 5 heteroatoms. The van der Waals surface area contributed by atoms with Crippen LogP contribution in [0.1, 0.15) is 66.4 Å². The number of nitrogens with one attached hydrogen (secondary N) is 1. The van der Waals surface area contributed by atoms with E-state index in [-0.39, 0.29) is 10.6 Å². The molecule has 0 unspecified atom stereocenters. The normalized spacial score (nSPS) is 15.7. The third-order valence-corrected chi connectivity index (χ3v) is 5.28. The van der Waals surface area contributed by atoms with Gasteiger partial charge in [-0.15, -0.1) is 0 Å². The number of carboxylic acid groups (broad SMARTS) is 1. The highest BCUT2D eigenvalue weighted by molar-refractivity contribution is 6.33. The molecule has 0 spiro atoms. The highest BCUT2D eigenvalue weighted by Gasteiger charge is 2.15. The van der Waals surface area contributed by atoms with Gasteiger partial charge in [0.15, 0.2) is 0 Å². The molecule has 0 radical (unpaired) electrons. The Labute approximate surface area is 158 Å². The number of anilines is 1. The first-order valence-electron chi connectivity index (χ1n) is 8.98. The fourth-order valence-corrected chi connectivity index (χ4v) is 3.60. The highest BCUT2D eigenvalue weighted by Crippen LogP contribution is 2.32. The molecular weight excluding hydrogens is 348 g/mol. The van der Waals surface area contributed by atoms with Crippen molar-refractivity contribution in [3.8, 4) is 0 Å². The van der Waals surface area contributed by atoms with Crippen molar-refractivity contribution in [3.63, 3.8) is 0 Å². The van der Waals surface area contributed by atoms with E-state index >= 15 is 0 Å². The lowest BCUT2D eigenvalue weighted by Crippen LogP contribution is -2.05. The predicted octanol–water partition coefficient (Wildman–Crippen LogP) is 5.92. The van der Waals surface area contributed by atoms with Crippen molar-refractivity contribution in [1.82, 2.24) is 0 Å². The Morgan fingerprint density at radius 1 is 1.12 bits per heavy atom. The lowest BCUT2D eigenvalue weighted by atomic mass is 9.84. The monoisotopic (exact) mass is 370 g/mol. The molecule has 3 rings (SSSR count). The molecule has 0 bridgehead atoms. The van der Waals surface area contributed by atoms with Crippen molar-refractivity contribution < 1.29 is 9.90 Å². The molecule has 2 aromatic carbocycles. The molecule has 2 N–H and O–H groups in total. The lowest BCUT2D eigenvalue weighted by molar-refractivity contribution is 0.0697. The summed E-state index contributed by atoms with van der Waals surface area (Å²) in [7, 11) is 0. The Kier molecular flexibility index (Phi) is 5.94. The zero-order chi connectivity index (χ0) is 18.5. The summed E-state index contributed by atoms with van der Waals surface area (Å²) in [6.07, 6.45) is 6.60. The Balaban J connectivity index is 1.69. The van der Waals surface area contributed by atoms with Gasteiger partial charge in [-0.3, -0.25) is 5.43 Å². The van der Waals surface area contributed by atoms with Crippen LogP contribution in [0, 0.1) is 0 Å². The number of carbonyl (C=O) groups is 1. The molecule has 0 amide bonds. The second-order valence-electron chi connectivity index (χ2n) is 6.77. The van der Waals surface area contributed by atoms with Crippen LogP contribution in [0.4, 0.5) is 5.69 Å². The summed E-state index contributed by atoms with van der Waals surface area (Å²) in [5, 5.41) is 13.7. The minimum Gasteiger partial charge on any atom is -0.478 e. The third kappa shape index (κ3) is 4.44. The van der Waals surface area contributed by atoms with E-state index in [0.717, 1.165) is 11.3 Å². The number of rotatable bonds is 5. The van der Waals surface area contributed by atoms with Crippen LogP contribution < -0.4 is 5.43 Å². The van der Waals surface area contributed by atoms with E-state index in [2.05, 4.69) is 34.8 Å². The van der Waals surface area contributed by atoms with E-state index in [4.69, 9.17) is 16.7 Å². The fourth-order valence-electron chi connectivity index (χ4n) is 3.40. The summed E-state index contributed by atoms with van der Waals surface area (Å²) in [6.45, 7) is 1.93. The maximum Gasteiger partial charge on any atom is 0.337 e. The van der Waals surface area contributed by atoms with Crippen molar-refractivity contribution >= 4 is 29.0 Å². The number of nitrogens with zero attached hydrogens (tertiary/aromatic N) is 1. The molecular formula is C21H23ClN2O2. The van der Waals surface area contributed by atoms with E-state index in [1.807, 2.05) is 6.92 Å².